The molecule has 0 saturated heterocycles. The van der Waals surface area contributed by atoms with E-state index in [-0.39, 0.29) is 0 Å². The second kappa shape index (κ2) is 6.35. The molecular formula is C14H17BrNO3P. The lowest BCUT2D eigenvalue weighted by atomic mass is 10.2. The predicted molar refractivity (Wildman–Crippen MR) is 84.7 cm³/mol. The van der Waals surface area contributed by atoms with Crippen molar-refractivity contribution < 1.29 is 13.6 Å². The Kier molecular flexibility index (Phi) is 4.97. The first-order chi connectivity index (χ1) is 9.50. The molecule has 0 aliphatic rings. The zero-order valence-corrected chi connectivity index (χ0v) is 14.2. The lowest BCUT2D eigenvalue weighted by Gasteiger charge is -2.19. The van der Waals surface area contributed by atoms with Crippen LogP contribution in [0.2, 0.25) is 0 Å². The summed E-state index contributed by atoms with van der Waals surface area (Å²) in [6.45, 7) is 6.13. The Balaban J connectivity index is 2.73. The molecule has 0 unspecified atom stereocenters. The molecule has 0 N–H and O–H groups in total. The molecule has 1 aromatic carbocycles. The van der Waals surface area contributed by atoms with Gasteiger partial charge in [0, 0.05) is 15.6 Å². The molecule has 108 valence electrons. The molecule has 0 spiro atoms. The molecule has 0 aliphatic heterocycles. The Bertz CT molecular complexity index is 665. The molecule has 0 saturated carbocycles. The van der Waals surface area contributed by atoms with Crippen LogP contribution >= 0.6 is 23.5 Å². The quantitative estimate of drug-likeness (QED) is 0.752. The van der Waals surface area contributed by atoms with Crippen LogP contribution < -0.4 is 5.30 Å². The third kappa shape index (κ3) is 3.12. The molecule has 6 heteroatoms. The highest BCUT2D eigenvalue weighted by Gasteiger charge is 2.30. The van der Waals surface area contributed by atoms with E-state index < -0.39 is 7.60 Å². The van der Waals surface area contributed by atoms with E-state index in [9.17, 15) is 4.57 Å². The summed E-state index contributed by atoms with van der Waals surface area (Å²) in [6, 6.07) is 7.58. The number of aromatic nitrogens is 1. The van der Waals surface area contributed by atoms with Crippen LogP contribution in [0.5, 0.6) is 0 Å². The van der Waals surface area contributed by atoms with E-state index in [1.165, 1.54) is 0 Å². The van der Waals surface area contributed by atoms with Crippen LogP contribution in [-0.4, -0.2) is 18.2 Å². The number of pyridine rings is 1. The fraction of sp³-hybridized carbons (Fsp3) is 0.357. The summed E-state index contributed by atoms with van der Waals surface area (Å²) in [7, 11) is -3.36. The standard InChI is InChI=1S/C14H17BrNO3P/c1-4-18-20(17,19-5-2)13-9-12(15)8-11-7-6-10(3)16-14(11)13/h6-9H,4-5H2,1-3H3. The van der Waals surface area contributed by atoms with Crippen LogP contribution in [0.1, 0.15) is 19.5 Å². The number of halogens is 1. The van der Waals surface area contributed by atoms with Crippen molar-refractivity contribution in [2.75, 3.05) is 13.2 Å². The average Bonchev–Trinajstić information content (AvgIpc) is 2.39. The molecule has 0 radical (unpaired) electrons. The maximum atomic E-state index is 13.0. The SMILES string of the molecule is CCOP(=O)(OCC)c1cc(Br)cc2ccc(C)nc12. The monoisotopic (exact) mass is 357 g/mol. The molecule has 0 fully saturated rings. The minimum Gasteiger partial charge on any atom is -0.305 e. The Morgan fingerprint density at radius 1 is 1.20 bits per heavy atom. The summed E-state index contributed by atoms with van der Waals surface area (Å²) in [5.41, 5.74) is 1.53. The van der Waals surface area contributed by atoms with Gasteiger partial charge in [0.15, 0.2) is 0 Å². The van der Waals surface area contributed by atoms with Gasteiger partial charge in [-0.3, -0.25) is 9.55 Å². The van der Waals surface area contributed by atoms with Crippen molar-refractivity contribution in [3.63, 3.8) is 0 Å². The molecule has 0 atom stereocenters. The molecule has 1 heterocycles. The lowest BCUT2D eigenvalue weighted by molar-refractivity contribution is 0.230. The van der Waals surface area contributed by atoms with Crippen LogP contribution in [0.3, 0.4) is 0 Å². The van der Waals surface area contributed by atoms with Gasteiger partial charge in [-0.05, 0) is 39.0 Å². The summed E-state index contributed by atoms with van der Waals surface area (Å²) in [5, 5.41) is 1.41. The van der Waals surface area contributed by atoms with E-state index in [2.05, 4.69) is 20.9 Å². The third-order valence-electron chi connectivity index (χ3n) is 2.77. The molecule has 1 aromatic heterocycles. The smallest absolute Gasteiger partial charge is 0.305 e. The van der Waals surface area contributed by atoms with Gasteiger partial charge >= 0.3 is 7.60 Å². The van der Waals surface area contributed by atoms with Crippen molar-refractivity contribution in [3.8, 4) is 0 Å². The number of nitrogens with zero attached hydrogens (tertiary/aromatic N) is 1. The van der Waals surface area contributed by atoms with E-state index in [4.69, 9.17) is 9.05 Å². The second-order valence-electron chi connectivity index (χ2n) is 4.28. The topological polar surface area (TPSA) is 48.4 Å². The van der Waals surface area contributed by atoms with Gasteiger partial charge in [0.2, 0.25) is 0 Å². The largest absolute Gasteiger partial charge is 0.363 e. The zero-order chi connectivity index (χ0) is 14.8. The van der Waals surface area contributed by atoms with Gasteiger partial charge in [-0.25, -0.2) is 0 Å². The number of hydrogen-bond donors (Lipinski definition) is 0. The summed E-state index contributed by atoms with van der Waals surface area (Å²) in [6.07, 6.45) is 0. The van der Waals surface area contributed by atoms with Gasteiger partial charge in [0.05, 0.1) is 24.0 Å². The Morgan fingerprint density at radius 2 is 1.85 bits per heavy atom. The van der Waals surface area contributed by atoms with E-state index >= 15 is 0 Å². The fourth-order valence-electron chi connectivity index (χ4n) is 2.00. The normalized spacial score (nSPS) is 12.0. The van der Waals surface area contributed by atoms with Crippen molar-refractivity contribution in [3.05, 3.63) is 34.4 Å². The zero-order valence-electron chi connectivity index (χ0n) is 11.7. The average molecular weight is 358 g/mol. The highest BCUT2D eigenvalue weighted by Crippen LogP contribution is 2.48. The Morgan fingerprint density at radius 3 is 2.45 bits per heavy atom. The van der Waals surface area contributed by atoms with E-state index in [1.807, 2.05) is 25.1 Å². The maximum absolute atomic E-state index is 13.0. The lowest BCUT2D eigenvalue weighted by Crippen LogP contribution is -2.13. The van der Waals surface area contributed by atoms with E-state index in [1.54, 1.807) is 19.9 Å². The van der Waals surface area contributed by atoms with Crippen LogP contribution in [0.4, 0.5) is 0 Å². The number of hydrogen-bond acceptors (Lipinski definition) is 4. The number of benzene rings is 1. The Labute approximate surface area is 127 Å². The highest BCUT2D eigenvalue weighted by molar-refractivity contribution is 9.10. The van der Waals surface area contributed by atoms with Crippen molar-refractivity contribution in [1.29, 1.82) is 0 Å². The van der Waals surface area contributed by atoms with Gasteiger partial charge in [0.25, 0.3) is 0 Å². The molecule has 2 aromatic rings. The minimum atomic E-state index is -3.36. The van der Waals surface area contributed by atoms with E-state index in [0.717, 1.165) is 15.6 Å². The van der Waals surface area contributed by atoms with Gasteiger partial charge in [-0.1, -0.05) is 22.0 Å². The summed E-state index contributed by atoms with van der Waals surface area (Å²) in [5.74, 6) is 0. The first kappa shape index (κ1) is 15.6. The van der Waals surface area contributed by atoms with Gasteiger partial charge < -0.3 is 9.05 Å². The molecule has 20 heavy (non-hydrogen) atoms. The number of fused-ring (bicyclic) bond motifs is 1. The van der Waals surface area contributed by atoms with Crippen LogP contribution in [0.25, 0.3) is 10.9 Å². The molecular weight excluding hydrogens is 341 g/mol. The van der Waals surface area contributed by atoms with Gasteiger partial charge in [-0.15, -0.1) is 0 Å². The van der Waals surface area contributed by atoms with Crippen molar-refractivity contribution in [2.24, 2.45) is 0 Å². The molecule has 0 bridgehead atoms. The van der Waals surface area contributed by atoms with Gasteiger partial charge in [-0.2, -0.15) is 0 Å². The predicted octanol–water partition coefficient (Wildman–Crippen LogP) is 4.20. The first-order valence-electron chi connectivity index (χ1n) is 6.46. The molecule has 0 aliphatic carbocycles. The van der Waals surface area contributed by atoms with Crippen molar-refractivity contribution >= 4 is 39.7 Å². The fourth-order valence-corrected chi connectivity index (χ4v) is 4.42. The second-order valence-corrected chi connectivity index (χ2v) is 7.19. The maximum Gasteiger partial charge on any atom is 0.363 e. The molecule has 2 rings (SSSR count). The summed E-state index contributed by atoms with van der Waals surface area (Å²) in [4.78, 5) is 4.49. The number of rotatable bonds is 5. The van der Waals surface area contributed by atoms with Crippen LogP contribution in [0.15, 0.2) is 28.7 Å². The van der Waals surface area contributed by atoms with Crippen LogP contribution in [-0.2, 0) is 13.6 Å². The van der Waals surface area contributed by atoms with Crippen molar-refractivity contribution in [2.45, 2.75) is 20.8 Å². The van der Waals surface area contributed by atoms with Crippen LogP contribution in [0, 0.1) is 6.92 Å². The summed E-state index contributed by atoms with van der Waals surface area (Å²) < 4.78 is 24.7. The third-order valence-corrected chi connectivity index (χ3v) is 5.35. The van der Waals surface area contributed by atoms with E-state index in [0.29, 0.717) is 24.0 Å². The minimum absolute atomic E-state index is 0.317. The first-order valence-corrected chi connectivity index (χ1v) is 8.80. The van der Waals surface area contributed by atoms with Crippen molar-refractivity contribution in [1.82, 2.24) is 4.98 Å². The Hall–Kier alpha value is -0.740. The highest BCUT2D eigenvalue weighted by atomic mass is 79.9. The summed E-state index contributed by atoms with van der Waals surface area (Å²) >= 11 is 3.44. The van der Waals surface area contributed by atoms with Gasteiger partial charge in [0.1, 0.15) is 0 Å². The number of aryl methyl sites for hydroxylation is 1. The molecule has 4 nitrogen and oxygen atoms in total. The molecule has 0 amide bonds.